The number of benzene rings is 2. The van der Waals surface area contributed by atoms with Gasteiger partial charge in [0.15, 0.2) is 11.5 Å². The number of hydrogen-bond donors (Lipinski definition) is 1. The maximum absolute atomic E-state index is 12.3. The van der Waals surface area contributed by atoms with Crippen LogP contribution in [-0.4, -0.2) is 40.9 Å². The molecule has 0 bridgehead atoms. The van der Waals surface area contributed by atoms with E-state index in [9.17, 15) is 4.79 Å². The van der Waals surface area contributed by atoms with Crippen LogP contribution < -0.4 is 24.3 Å². The lowest BCUT2D eigenvalue weighted by atomic mass is 10.1. The molecule has 0 aliphatic rings. The summed E-state index contributed by atoms with van der Waals surface area (Å²) in [5.74, 6) is 2.22. The third-order valence-electron chi connectivity index (χ3n) is 4.09. The van der Waals surface area contributed by atoms with Gasteiger partial charge in [0.05, 0.1) is 39.3 Å². The van der Waals surface area contributed by atoms with Gasteiger partial charge in [0.1, 0.15) is 5.75 Å². The molecule has 0 saturated carbocycles. The van der Waals surface area contributed by atoms with E-state index in [1.165, 1.54) is 7.11 Å². The number of methoxy groups -OCH3 is 4. The van der Waals surface area contributed by atoms with Crippen molar-refractivity contribution in [2.75, 3.05) is 35.0 Å². The molecular weight excluding hydrogens is 414 g/mol. The molecule has 0 aliphatic carbocycles. The minimum absolute atomic E-state index is 0.0930. The molecular formula is C20H24BrNO5. The predicted molar refractivity (Wildman–Crippen MR) is 107 cm³/mol. The number of ether oxygens (including phenoxy) is 4. The smallest absolute Gasteiger partial charge is 0.224 e. The first kappa shape index (κ1) is 20.9. The highest BCUT2D eigenvalue weighted by atomic mass is 79.9. The Hall–Kier alpha value is -2.41. The van der Waals surface area contributed by atoms with Crippen LogP contribution in [0.5, 0.6) is 23.0 Å². The number of hydrogen-bond acceptors (Lipinski definition) is 5. The fraction of sp³-hybridized carbons (Fsp3) is 0.350. The minimum atomic E-state index is -0.0930. The van der Waals surface area contributed by atoms with Crippen LogP contribution in [0.25, 0.3) is 0 Å². The summed E-state index contributed by atoms with van der Waals surface area (Å²) in [6, 6.07) is 9.45. The van der Waals surface area contributed by atoms with Gasteiger partial charge in [-0.15, -0.1) is 0 Å². The van der Waals surface area contributed by atoms with Crippen molar-refractivity contribution in [1.29, 1.82) is 0 Å². The number of carbonyl (C=O) groups excluding carboxylic acids is 1. The Morgan fingerprint density at radius 2 is 1.63 bits per heavy atom. The first-order chi connectivity index (χ1) is 13.0. The summed E-state index contributed by atoms with van der Waals surface area (Å²) in [6.07, 6.45) is 0.894. The van der Waals surface area contributed by atoms with Gasteiger partial charge < -0.3 is 24.3 Å². The van der Waals surface area contributed by atoms with E-state index in [-0.39, 0.29) is 12.3 Å². The summed E-state index contributed by atoms with van der Waals surface area (Å²) >= 11 is 3.43. The van der Waals surface area contributed by atoms with Gasteiger partial charge >= 0.3 is 0 Å². The standard InChI is InChI=1S/C20H24BrNO5/c1-24-16-8-6-14(19(26-3)20(16)27-4)12-18(23)22-10-9-13-5-7-15(21)17(11-13)25-2/h5-8,11H,9-10,12H2,1-4H3,(H,22,23). The number of nitrogens with one attached hydrogen (secondary N) is 1. The Labute approximate surface area is 167 Å². The summed E-state index contributed by atoms with van der Waals surface area (Å²) in [4.78, 5) is 12.3. The van der Waals surface area contributed by atoms with Crippen LogP contribution in [0, 0.1) is 0 Å². The zero-order valence-corrected chi connectivity index (χ0v) is 17.5. The second kappa shape index (κ2) is 10.1. The topological polar surface area (TPSA) is 66.0 Å². The molecule has 1 N–H and O–H groups in total. The van der Waals surface area contributed by atoms with Gasteiger partial charge in [-0.05, 0) is 46.1 Å². The number of rotatable bonds is 9. The summed E-state index contributed by atoms with van der Waals surface area (Å²) < 4.78 is 22.2. The molecule has 2 aromatic carbocycles. The molecule has 6 nitrogen and oxygen atoms in total. The van der Waals surface area contributed by atoms with Crippen molar-refractivity contribution >= 4 is 21.8 Å². The molecule has 146 valence electrons. The average Bonchev–Trinajstić information content (AvgIpc) is 2.68. The number of halogens is 1. The van der Waals surface area contributed by atoms with Crippen LogP contribution in [0.3, 0.4) is 0 Å². The Balaban J connectivity index is 1.98. The van der Waals surface area contributed by atoms with E-state index >= 15 is 0 Å². The third kappa shape index (κ3) is 5.29. The highest BCUT2D eigenvalue weighted by Crippen LogP contribution is 2.39. The van der Waals surface area contributed by atoms with Crippen LogP contribution in [0.4, 0.5) is 0 Å². The van der Waals surface area contributed by atoms with E-state index in [2.05, 4.69) is 21.2 Å². The average molecular weight is 438 g/mol. The zero-order chi connectivity index (χ0) is 19.8. The molecule has 0 saturated heterocycles. The maximum atomic E-state index is 12.3. The summed E-state index contributed by atoms with van der Waals surface area (Å²) in [6.45, 7) is 0.527. The molecule has 0 fully saturated rings. The molecule has 1 amide bonds. The zero-order valence-electron chi connectivity index (χ0n) is 15.9. The number of amides is 1. The third-order valence-corrected chi connectivity index (χ3v) is 4.74. The van der Waals surface area contributed by atoms with Crippen LogP contribution in [0.2, 0.25) is 0 Å². The fourth-order valence-electron chi connectivity index (χ4n) is 2.74. The van der Waals surface area contributed by atoms with Crippen LogP contribution in [0.1, 0.15) is 11.1 Å². The largest absolute Gasteiger partial charge is 0.496 e. The Bertz CT molecular complexity index is 794. The van der Waals surface area contributed by atoms with E-state index in [1.54, 1.807) is 33.5 Å². The van der Waals surface area contributed by atoms with Crippen molar-refractivity contribution in [3.8, 4) is 23.0 Å². The molecule has 0 atom stereocenters. The van der Waals surface area contributed by atoms with Crippen molar-refractivity contribution < 1.29 is 23.7 Å². The Morgan fingerprint density at radius 3 is 2.26 bits per heavy atom. The van der Waals surface area contributed by atoms with E-state index in [0.29, 0.717) is 30.2 Å². The van der Waals surface area contributed by atoms with Gasteiger partial charge in [-0.25, -0.2) is 0 Å². The fourth-order valence-corrected chi connectivity index (χ4v) is 3.15. The Morgan fingerprint density at radius 1 is 0.926 bits per heavy atom. The molecule has 7 heteroatoms. The molecule has 0 aliphatic heterocycles. The second-order valence-electron chi connectivity index (χ2n) is 5.74. The molecule has 0 spiro atoms. The van der Waals surface area contributed by atoms with Crippen LogP contribution >= 0.6 is 15.9 Å². The molecule has 0 radical (unpaired) electrons. The quantitative estimate of drug-likeness (QED) is 0.651. The number of carbonyl (C=O) groups is 1. The normalized spacial score (nSPS) is 10.3. The maximum Gasteiger partial charge on any atom is 0.224 e. The minimum Gasteiger partial charge on any atom is -0.496 e. The lowest BCUT2D eigenvalue weighted by molar-refractivity contribution is -0.120. The van der Waals surface area contributed by atoms with Crippen LogP contribution in [-0.2, 0) is 17.6 Å². The monoisotopic (exact) mass is 437 g/mol. The summed E-state index contributed by atoms with van der Waals surface area (Å²) in [5, 5.41) is 2.93. The van der Waals surface area contributed by atoms with E-state index in [4.69, 9.17) is 18.9 Å². The SMILES string of the molecule is COc1cc(CCNC(=O)Cc2ccc(OC)c(OC)c2OC)ccc1Br. The lowest BCUT2D eigenvalue weighted by Gasteiger charge is -2.15. The van der Waals surface area contributed by atoms with Gasteiger partial charge in [-0.1, -0.05) is 12.1 Å². The summed E-state index contributed by atoms with van der Waals surface area (Å²) in [5.41, 5.74) is 1.82. The van der Waals surface area contributed by atoms with Crippen LogP contribution in [0.15, 0.2) is 34.8 Å². The molecule has 0 aromatic heterocycles. The van der Waals surface area contributed by atoms with Crippen molar-refractivity contribution in [1.82, 2.24) is 5.32 Å². The van der Waals surface area contributed by atoms with Crippen molar-refractivity contribution in [2.45, 2.75) is 12.8 Å². The van der Waals surface area contributed by atoms with Crippen molar-refractivity contribution in [3.63, 3.8) is 0 Å². The first-order valence-electron chi connectivity index (χ1n) is 8.41. The van der Waals surface area contributed by atoms with Crippen molar-refractivity contribution in [3.05, 3.63) is 45.9 Å². The van der Waals surface area contributed by atoms with Crippen molar-refractivity contribution in [2.24, 2.45) is 0 Å². The molecule has 0 unspecified atom stereocenters. The van der Waals surface area contributed by atoms with Gasteiger partial charge in [-0.2, -0.15) is 0 Å². The first-order valence-corrected chi connectivity index (χ1v) is 9.20. The molecule has 27 heavy (non-hydrogen) atoms. The van der Waals surface area contributed by atoms with Gasteiger partial charge in [0.25, 0.3) is 0 Å². The molecule has 0 heterocycles. The van der Waals surface area contributed by atoms with E-state index in [0.717, 1.165) is 21.3 Å². The van der Waals surface area contributed by atoms with Gasteiger partial charge in [-0.3, -0.25) is 4.79 Å². The lowest BCUT2D eigenvalue weighted by Crippen LogP contribution is -2.27. The second-order valence-corrected chi connectivity index (χ2v) is 6.59. The predicted octanol–water partition coefficient (Wildman–Crippen LogP) is 3.38. The molecule has 2 aromatic rings. The van der Waals surface area contributed by atoms with E-state index < -0.39 is 0 Å². The van der Waals surface area contributed by atoms with Gasteiger partial charge in [0.2, 0.25) is 11.7 Å². The highest BCUT2D eigenvalue weighted by molar-refractivity contribution is 9.10. The van der Waals surface area contributed by atoms with E-state index in [1.807, 2.05) is 18.2 Å². The molecule has 2 rings (SSSR count). The summed E-state index contributed by atoms with van der Waals surface area (Å²) in [7, 11) is 6.26. The Kier molecular flexibility index (Phi) is 7.79. The highest BCUT2D eigenvalue weighted by Gasteiger charge is 2.17. The van der Waals surface area contributed by atoms with Gasteiger partial charge in [0, 0.05) is 12.1 Å².